The predicted octanol–water partition coefficient (Wildman–Crippen LogP) is 3.65. The van der Waals surface area contributed by atoms with Crippen molar-refractivity contribution >= 4 is 23.4 Å². The number of hydrogen-bond donors (Lipinski definition) is 1. The van der Waals surface area contributed by atoms with E-state index in [1.54, 1.807) is 6.20 Å². The molecule has 104 valence electrons. The fourth-order valence-corrected chi connectivity index (χ4v) is 3.07. The summed E-state index contributed by atoms with van der Waals surface area (Å²) in [5.74, 6) is 1.04. The molecule has 2 unspecified atom stereocenters. The third kappa shape index (κ3) is 4.48. The van der Waals surface area contributed by atoms with E-state index in [1.807, 2.05) is 23.5 Å². The second-order valence-corrected chi connectivity index (χ2v) is 6.44. The van der Waals surface area contributed by atoms with Gasteiger partial charge in [-0.25, -0.2) is 0 Å². The highest BCUT2D eigenvalue weighted by Gasteiger charge is 2.19. The molecule has 0 aromatic carbocycles. The lowest BCUT2D eigenvalue weighted by atomic mass is 10.2. The highest BCUT2D eigenvalue weighted by atomic mass is 35.5. The van der Waals surface area contributed by atoms with Crippen molar-refractivity contribution in [2.75, 3.05) is 12.3 Å². The molecule has 0 aliphatic heterocycles. The number of nitrogens with zero attached hydrogens (tertiary/aromatic N) is 2. The molecule has 0 aliphatic rings. The highest BCUT2D eigenvalue weighted by molar-refractivity contribution is 7.99. The molecule has 18 heavy (non-hydrogen) atoms. The maximum absolute atomic E-state index is 6.24. The van der Waals surface area contributed by atoms with E-state index in [2.05, 4.69) is 31.2 Å². The van der Waals surface area contributed by atoms with Crippen LogP contribution in [-0.4, -0.2) is 27.3 Å². The van der Waals surface area contributed by atoms with Crippen LogP contribution in [0.3, 0.4) is 0 Å². The zero-order valence-corrected chi connectivity index (χ0v) is 13.3. The molecule has 0 spiro atoms. The zero-order chi connectivity index (χ0) is 13.5. The second-order valence-electron chi connectivity index (χ2n) is 4.56. The van der Waals surface area contributed by atoms with Gasteiger partial charge in [0.25, 0.3) is 0 Å². The van der Waals surface area contributed by atoms with Crippen molar-refractivity contribution in [3.8, 4) is 0 Å². The maximum Gasteiger partial charge on any atom is 0.0834 e. The Kier molecular flexibility index (Phi) is 7.12. The van der Waals surface area contributed by atoms with Gasteiger partial charge in [0.05, 0.1) is 23.0 Å². The van der Waals surface area contributed by atoms with Crippen LogP contribution >= 0.6 is 23.4 Å². The van der Waals surface area contributed by atoms with Gasteiger partial charge in [-0.3, -0.25) is 4.68 Å². The molecule has 1 N–H and O–H groups in total. The van der Waals surface area contributed by atoms with Gasteiger partial charge in [0, 0.05) is 18.1 Å². The molecule has 0 saturated heterocycles. The Labute approximate surface area is 120 Å². The number of aryl methyl sites for hydroxylation is 1. The summed E-state index contributed by atoms with van der Waals surface area (Å²) >= 11 is 8.22. The molecule has 1 aromatic rings. The van der Waals surface area contributed by atoms with Gasteiger partial charge in [-0.15, -0.1) is 0 Å². The quantitative estimate of drug-likeness (QED) is 0.792. The van der Waals surface area contributed by atoms with E-state index in [9.17, 15) is 0 Å². The Balaban J connectivity index is 2.71. The Hall–Kier alpha value is -0.190. The van der Waals surface area contributed by atoms with Gasteiger partial charge in [0.2, 0.25) is 0 Å². The summed E-state index contributed by atoms with van der Waals surface area (Å²) in [6.07, 6.45) is 4.05. The summed E-state index contributed by atoms with van der Waals surface area (Å²) in [6, 6.07) is 0.281. The number of nitrogens with one attached hydrogen (secondary N) is 1. The SMILES string of the molecule is CCCNC(CSC(C)CC)c1c(Cl)cnn1C. The zero-order valence-electron chi connectivity index (χ0n) is 11.7. The lowest BCUT2D eigenvalue weighted by Gasteiger charge is -2.20. The smallest absolute Gasteiger partial charge is 0.0834 e. The third-order valence-corrected chi connectivity index (χ3v) is 4.75. The van der Waals surface area contributed by atoms with Gasteiger partial charge >= 0.3 is 0 Å². The molecule has 0 radical (unpaired) electrons. The van der Waals surface area contributed by atoms with Gasteiger partial charge in [-0.2, -0.15) is 16.9 Å². The Morgan fingerprint density at radius 1 is 1.50 bits per heavy atom. The van der Waals surface area contributed by atoms with Gasteiger partial charge in [-0.1, -0.05) is 32.4 Å². The molecule has 0 bridgehead atoms. The number of aromatic nitrogens is 2. The summed E-state index contributed by atoms with van der Waals surface area (Å²) in [6.45, 7) is 7.68. The maximum atomic E-state index is 6.24. The van der Waals surface area contributed by atoms with Crippen LogP contribution in [0.4, 0.5) is 0 Å². The molecule has 1 rings (SSSR count). The van der Waals surface area contributed by atoms with Gasteiger partial charge < -0.3 is 5.32 Å². The lowest BCUT2D eigenvalue weighted by molar-refractivity contribution is 0.534. The topological polar surface area (TPSA) is 29.9 Å². The highest BCUT2D eigenvalue weighted by Crippen LogP contribution is 2.27. The van der Waals surface area contributed by atoms with Crippen molar-refractivity contribution in [2.24, 2.45) is 7.05 Å². The second kappa shape index (κ2) is 8.08. The molecular weight excluding hydrogens is 266 g/mol. The molecule has 5 heteroatoms. The van der Waals surface area contributed by atoms with E-state index >= 15 is 0 Å². The predicted molar refractivity (Wildman–Crippen MR) is 81.5 cm³/mol. The Bertz CT molecular complexity index is 335. The van der Waals surface area contributed by atoms with Crippen LogP contribution in [0.2, 0.25) is 5.02 Å². The average Bonchev–Trinajstić information content (AvgIpc) is 2.69. The van der Waals surface area contributed by atoms with Crippen molar-refractivity contribution in [1.29, 1.82) is 0 Å². The first-order chi connectivity index (χ1) is 8.60. The van der Waals surface area contributed by atoms with Crippen LogP contribution in [0.25, 0.3) is 0 Å². The lowest BCUT2D eigenvalue weighted by Crippen LogP contribution is -2.27. The van der Waals surface area contributed by atoms with Crippen LogP contribution in [0, 0.1) is 0 Å². The Morgan fingerprint density at radius 3 is 2.72 bits per heavy atom. The molecule has 0 amide bonds. The van der Waals surface area contributed by atoms with Crippen molar-refractivity contribution in [3.05, 3.63) is 16.9 Å². The molecule has 0 aliphatic carbocycles. The first-order valence-electron chi connectivity index (χ1n) is 6.62. The van der Waals surface area contributed by atoms with E-state index < -0.39 is 0 Å². The minimum absolute atomic E-state index is 0.281. The summed E-state index contributed by atoms with van der Waals surface area (Å²) in [4.78, 5) is 0. The van der Waals surface area contributed by atoms with Crippen LogP contribution in [-0.2, 0) is 7.05 Å². The van der Waals surface area contributed by atoms with E-state index in [0.717, 1.165) is 29.4 Å². The average molecular weight is 290 g/mol. The van der Waals surface area contributed by atoms with Crippen molar-refractivity contribution < 1.29 is 0 Å². The molecule has 1 heterocycles. The number of halogens is 1. The first-order valence-corrected chi connectivity index (χ1v) is 8.05. The largest absolute Gasteiger partial charge is 0.308 e. The van der Waals surface area contributed by atoms with Crippen molar-refractivity contribution in [1.82, 2.24) is 15.1 Å². The van der Waals surface area contributed by atoms with Crippen molar-refractivity contribution in [2.45, 2.75) is 44.9 Å². The third-order valence-electron chi connectivity index (χ3n) is 3.03. The van der Waals surface area contributed by atoms with Gasteiger partial charge in [-0.05, 0) is 19.4 Å². The molecule has 1 aromatic heterocycles. The first kappa shape index (κ1) is 15.9. The Morgan fingerprint density at radius 2 is 2.22 bits per heavy atom. The van der Waals surface area contributed by atoms with Crippen LogP contribution in [0.1, 0.15) is 45.3 Å². The minimum Gasteiger partial charge on any atom is -0.308 e. The summed E-state index contributed by atoms with van der Waals surface area (Å²) in [5, 5.41) is 9.24. The van der Waals surface area contributed by atoms with Crippen molar-refractivity contribution in [3.63, 3.8) is 0 Å². The van der Waals surface area contributed by atoms with Crippen LogP contribution in [0.15, 0.2) is 6.20 Å². The van der Waals surface area contributed by atoms with E-state index in [4.69, 9.17) is 11.6 Å². The monoisotopic (exact) mass is 289 g/mol. The van der Waals surface area contributed by atoms with E-state index in [1.165, 1.54) is 6.42 Å². The van der Waals surface area contributed by atoms with Crippen LogP contribution in [0.5, 0.6) is 0 Å². The van der Waals surface area contributed by atoms with E-state index in [0.29, 0.717) is 5.25 Å². The van der Waals surface area contributed by atoms with E-state index in [-0.39, 0.29) is 6.04 Å². The fraction of sp³-hybridized carbons (Fsp3) is 0.769. The molecule has 2 atom stereocenters. The molecule has 3 nitrogen and oxygen atoms in total. The summed E-state index contributed by atoms with van der Waals surface area (Å²) < 4.78 is 1.88. The molecule has 0 saturated carbocycles. The summed E-state index contributed by atoms with van der Waals surface area (Å²) in [5.41, 5.74) is 1.10. The normalized spacial score (nSPS) is 14.7. The van der Waals surface area contributed by atoms with Crippen LogP contribution < -0.4 is 5.32 Å². The fourth-order valence-electron chi connectivity index (χ4n) is 1.74. The van der Waals surface area contributed by atoms with Gasteiger partial charge in [0.15, 0.2) is 0 Å². The molecular formula is C13H24ClN3S. The van der Waals surface area contributed by atoms with Gasteiger partial charge in [0.1, 0.15) is 0 Å². The number of rotatable bonds is 8. The standard InChI is InChI=1S/C13H24ClN3S/c1-5-7-15-12(9-18-10(3)6-2)13-11(14)8-16-17(13)4/h8,10,12,15H,5-7,9H2,1-4H3. The molecule has 0 fully saturated rings. The number of thioether (sulfide) groups is 1. The number of hydrogen-bond acceptors (Lipinski definition) is 3. The summed E-state index contributed by atoms with van der Waals surface area (Å²) in [7, 11) is 1.95. The minimum atomic E-state index is 0.281.